The van der Waals surface area contributed by atoms with Crippen molar-refractivity contribution in [2.45, 2.75) is 31.5 Å². The first kappa shape index (κ1) is 15.0. The van der Waals surface area contributed by atoms with Crippen molar-refractivity contribution in [3.8, 4) is 11.5 Å². The molecule has 0 atom stereocenters. The highest BCUT2D eigenvalue weighted by Gasteiger charge is 2.16. The van der Waals surface area contributed by atoms with Crippen molar-refractivity contribution in [3.05, 3.63) is 29.3 Å². The highest BCUT2D eigenvalue weighted by Crippen LogP contribution is 2.16. The first-order valence-electron chi connectivity index (χ1n) is 5.73. The number of benzene rings is 1. The molecule has 1 rings (SSSR count). The molecule has 1 N–H and O–H groups in total. The second-order valence-electron chi connectivity index (χ2n) is 5.21. The van der Waals surface area contributed by atoms with Gasteiger partial charge < -0.3 is 0 Å². The first-order valence-corrected chi connectivity index (χ1v) is 10.7. The number of hydrogen-bond donors (Lipinski definition) is 1. The van der Waals surface area contributed by atoms with Crippen molar-refractivity contribution in [1.29, 1.82) is 0 Å². The van der Waals surface area contributed by atoms with Crippen molar-refractivity contribution in [1.82, 2.24) is 4.72 Å². The molecule has 1 aromatic carbocycles. The largest absolute Gasteiger partial charge is 0.241 e. The van der Waals surface area contributed by atoms with Gasteiger partial charge in [0.25, 0.3) is 0 Å². The quantitative estimate of drug-likeness (QED) is 0.667. The molecule has 98 valence electrons. The van der Waals surface area contributed by atoms with E-state index in [1.807, 2.05) is 13.0 Å². The Balaban J connectivity index is 3.42. The molecule has 0 unspecified atom stereocenters. The lowest BCUT2D eigenvalue weighted by Gasteiger charge is -2.08. The van der Waals surface area contributed by atoms with Crippen molar-refractivity contribution >= 4 is 18.1 Å². The van der Waals surface area contributed by atoms with Gasteiger partial charge in [-0.1, -0.05) is 31.6 Å². The van der Waals surface area contributed by atoms with Crippen LogP contribution in [0, 0.1) is 18.4 Å². The number of rotatable bonds is 2. The van der Waals surface area contributed by atoms with Crippen LogP contribution in [0.3, 0.4) is 0 Å². The van der Waals surface area contributed by atoms with Crippen LogP contribution in [0.15, 0.2) is 23.1 Å². The molecule has 0 spiro atoms. The van der Waals surface area contributed by atoms with E-state index in [4.69, 9.17) is 0 Å². The van der Waals surface area contributed by atoms with E-state index in [-0.39, 0.29) is 4.90 Å². The molecule has 3 nitrogen and oxygen atoms in total. The fourth-order valence-electron chi connectivity index (χ4n) is 1.34. The van der Waals surface area contributed by atoms with E-state index >= 15 is 0 Å². The highest BCUT2D eigenvalue weighted by molar-refractivity contribution is 7.89. The second kappa shape index (κ2) is 5.27. The second-order valence-corrected chi connectivity index (χ2v) is 11.8. The standard InChI is InChI=1S/C13H19NO2SSi/c1-11-6-7-13(17(15,16)14-2)12(10-11)8-9-18(3,4)5/h6-7,10,14H,1-5H3. The van der Waals surface area contributed by atoms with Gasteiger partial charge in [0.05, 0.1) is 4.90 Å². The molecule has 0 aliphatic rings. The summed E-state index contributed by atoms with van der Waals surface area (Å²) in [7, 11) is -3.57. The Kier molecular flexibility index (Phi) is 4.38. The molecule has 0 fully saturated rings. The predicted molar refractivity (Wildman–Crippen MR) is 77.6 cm³/mol. The lowest BCUT2D eigenvalue weighted by molar-refractivity contribution is 0.588. The van der Waals surface area contributed by atoms with Crippen LogP contribution >= 0.6 is 0 Å². The Hall–Kier alpha value is -1.09. The summed E-state index contributed by atoms with van der Waals surface area (Å²) in [5.74, 6) is 3.03. The van der Waals surface area contributed by atoms with Crippen LogP contribution in [0.5, 0.6) is 0 Å². The smallest absolute Gasteiger partial charge is 0.214 e. The van der Waals surface area contributed by atoms with Crippen LogP contribution in [-0.2, 0) is 10.0 Å². The average Bonchev–Trinajstić information content (AvgIpc) is 2.25. The molecule has 0 bridgehead atoms. The fourth-order valence-corrected chi connectivity index (χ4v) is 2.72. The summed E-state index contributed by atoms with van der Waals surface area (Å²) in [6.45, 7) is 8.31. The summed E-state index contributed by atoms with van der Waals surface area (Å²) < 4.78 is 26.1. The third kappa shape index (κ3) is 3.98. The molecule has 0 aromatic heterocycles. The molecule has 0 radical (unpaired) electrons. The van der Waals surface area contributed by atoms with Gasteiger partial charge in [-0.3, -0.25) is 0 Å². The van der Waals surface area contributed by atoms with Crippen LogP contribution in [0.25, 0.3) is 0 Å². The zero-order chi connectivity index (χ0) is 14.0. The normalized spacial score (nSPS) is 11.8. The zero-order valence-corrected chi connectivity index (χ0v) is 13.3. The summed E-state index contributed by atoms with van der Waals surface area (Å²) in [6, 6.07) is 5.21. The molecule has 0 heterocycles. The molecule has 18 heavy (non-hydrogen) atoms. The molecular weight excluding hydrogens is 262 g/mol. The van der Waals surface area contributed by atoms with E-state index in [2.05, 4.69) is 35.8 Å². The molecule has 0 saturated heterocycles. The Bertz CT molecular complexity index is 604. The summed E-state index contributed by atoms with van der Waals surface area (Å²) in [4.78, 5) is 0.251. The van der Waals surface area contributed by atoms with Gasteiger partial charge >= 0.3 is 0 Å². The maximum Gasteiger partial charge on any atom is 0.241 e. The Labute approximate surface area is 111 Å². The van der Waals surface area contributed by atoms with Crippen molar-refractivity contribution in [3.63, 3.8) is 0 Å². The molecule has 0 amide bonds. The maximum atomic E-state index is 11.9. The fraction of sp³-hybridized carbons (Fsp3) is 0.385. The van der Waals surface area contributed by atoms with Crippen molar-refractivity contribution < 1.29 is 8.42 Å². The van der Waals surface area contributed by atoms with Gasteiger partial charge in [0.2, 0.25) is 10.0 Å². The first-order chi connectivity index (χ1) is 8.15. The van der Waals surface area contributed by atoms with Gasteiger partial charge in [0.15, 0.2) is 0 Å². The third-order valence-electron chi connectivity index (χ3n) is 2.27. The minimum Gasteiger partial charge on any atom is -0.214 e. The Morgan fingerprint density at radius 3 is 2.33 bits per heavy atom. The number of sulfonamides is 1. The van der Waals surface area contributed by atoms with E-state index in [0.717, 1.165) is 5.56 Å². The monoisotopic (exact) mass is 281 g/mol. The lowest BCUT2D eigenvalue weighted by atomic mass is 10.1. The summed E-state index contributed by atoms with van der Waals surface area (Å²) >= 11 is 0. The average molecular weight is 281 g/mol. The van der Waals surface area contributed by atoms with Crippen LogP contribution < -0.4 is 4.72 Å². The van der Waals surface area contributed by atoms with Gasteiger partial charge in [-0.25, -0.2) is 13.1 Å². The van der Waals surface area contributed by atoms with E-state index in [1.54, 1.807) is 12.1 Å². The minimum atomic E-state index is -3.45. The maximum absolute atomic E-state index is 11.9. The van der Waals surface area contributed by atoms with Crippen molar-refractivity contribution in [2.24, 2.45) is 0 Å². The minimum absolute atomic E-state index is 0.251. The van der Waals surface area contributed by atoms with Crippen LogP contribution in [0.2, 0.25) is 19.6 Å². The van der Waals surface area contributed by atoms with E-state index < -0.39 is 18.1 Å². The SMILES string of the molecule is CNS(=O)(=O)c1ccc(C)cc1C#C[Si](C)(C)C. The lowest BCUT2D eigenvalue weighted by Crippen LogP contribution is -2.20. The number of aryl methyl sites for hydroxylation is 1. The van der Waals surface area contributed by atoms with Gasteiger partial charge in [-0.2, -0.15) is 0 Å². The summed E-state index contributed by atoms with van der Waals surface area (Å²) in [5.41, 5.74) is 4.78. The zero-order valence-electron chi connectivity index (χ0n) is 11.5. The molecule has 0 aliphatic carbocycles. The molecule has 1 aromatic rings. The summed E-state index contributed by atoms with van der Waals surface area (Å²) in [6.07, 6.45) is 0. The molecule has 0 aliphatic heterocycles. The van der Waals surface area contributed by atoms with Gasteiger partial charge in [0, 0.05) is 5.56 Å². The molecule has 0 saturated carbocycles. The van der Waals surface area contributed by atoms with E-state index in [9.17, 15) is 8.42 Å². The predicted octanol–water partition coefficient (Wildman–Crippen LogP) is 2.13. The topological polar surface area (TPSA) is 46.2 Å². The van der Waals surface area contributed by atoms with E-state index in [1.165, 1.54) is 7.05 Å². The van der Waals surface area contributed by atoms with Gasteiger partial charge in [-0.05, 0) is 31.7 Å². The molecule has 5 heteroatoms. The van der Waals surface area contributed by atoms with Crippen LogP contribution in [0.1, 0.15) is 11.1 Å². The van der Waals surface area contributed by atoms with Crippen LogP contribution in [-0.4, -0.2) is 23.5 Å². The van der Waals surface area contributed by atoms with E-state index in [0.29, 0.717) is 5.56 Å². The van der Waals surface area contributed by atoms with Gasteiger partial charge in [0.1, 0.15) is 8.07 Å². The number of hydrogen-bond acceptors (Lipinski definition) is 2. The van der Waals surface area contributed by atoms with Gasteiger partial charge in [-0.15, -0.1) is 5.54 Å². The number of nitrogens with one attached hydrogen (secondary N) is 1. The highest BCUT2D eigenvalue weighted by atomic mass is 32.2. The molecular formula is C13H19NO2SSi. The van der Waals surface area contributed by atoms with Crippen molar-refractivity contribution in [2.75, 3.05) is 7.05 Å². The summed E-state index contributed by atoms with van der Waals surface area (Å²) in [5, 5.41) is 0. The Morgan fingerprint density at radius 1 is 1.22 bits per heavy atom. The van der Waals surface area contributed by atoms with Crippen LogP contribution in [0.4, 0.5) is 0 Å². The third-order valence-corrected chi connectivity index (χ3v) is 4.61. The Morgan fingerprint density at radius 2 is 1.83 bits per heavy atom.